The zero-order chi connectivity index (χ0) is 22.2. The molecule has 0 amide bonds. The lowest BCUT2D eigenvalue weighted by atomic mass is 10.1. The van der Waals surface area contributed by atoms with Crippen molar-refractivity contribution >= 4 is 11.8 Å². The minimum Gasteiger partial charge on any atom is -0.354 e. The van der Waals surface area contributed by atoms with Crippen LogP contribution in [-0.4, -0.2) is 73.4 Å². The summed E-state index contributed by atoms with van der Waals surface area (Å²) < 4.78 is 0. The highest BCUT2D eigenvalue weighted by Gasteiger charge is 2.11. The molecule has 0 bridgehead atoms. The Balaban J connectivity index is 0.000000173. The minimum atomic E-state index is 0.449. The van der Waals surface area contributed by atoms with Gasteiger partial charge in [-0.05, 0) is 31.0 Å². The average molecular weight is 429 g/mol. The number of nitrogens with zero attached hydrogens (tertiary/aromatic N) is 5. The van der Waals surface area contributed by atoms with Crippen LogP contribution in [0.3, 0.4) is 0 Å². The quantitative estimate of drug-likeness (QED) is 0.665. The molecule has 1 atom stereocenters. The smallest absolute Gasteiger partial charge is 0.225 e. The molecule has 1 unspecified atom stereocenters. The highest BCUT2D eigenvalue weighted by Crippen LogP contribution is 2.08. The normalized spacial score (nSPS) is 17.0. The molecule has 172 valence electrons. The van der Waals surface area contributed by atoms with Crippen LogP contribution >= 0.6 is 0 Å². The third-order valence-corrected chi connectivity index (χ3v) is 5.23. The van der Waals surface area contributed by atoms with Crippen LogP contribution in [-0.2, 0) is 0 Å². The summed E-state index contributed by atoms with van der Waals surface area (Å²) in [4.78, 5) is 17.2. The Morgan fingerprint density at radius 3 is 1.90 bits per heavy atom. The molecule has 2 aromatic rings. The first-order chi connectivity index (χ1) is 15.2. The van der Waals surface area contributed by atoms with Crippen LogP contribution in [0.25, 0.3) is 0 Å². The van der Waals surface area contributed by atoms with Gasteiger partial charge in [-0.2, -0.15) is 0 Å². The largest absolute Gasteiger partial charge is 0.354 e. The van der Waals surface area contributed by atoms with Crippen molar-refractivity contribution in [3.8, 4) is 0 Å². The van der Waals surface area contributed by atoms with Crippen molar-refractivity contribution in [3.05, 3.63) is 42.9 Å². The highest BCUT2D eigenvalue weighted by molar-refractivity contribution is 5.38. The van der Waals surface area contributed by atoms with E-state index in [2.05, 4.69) is 55.3 Å². The molecule has 4 rings (SSSR count). The molecule has 8 heteroatoms. The standard InChI is InChI=1S/C9H13N3.C8H12N4.C6H15N/c1-2-4-11-9(3-1)12-7-5-10-6-8-12;1-2-10-8(11-3-1)12-6-4-9-5-7-12;1-3-5-6(7)4-2/h1-4,10H,5-8H2;1-3,9H,4-7H2;6H,3-5,7H2,1-2H3. The summed E-state index contributed by atoms with van der Waals surface area (Å²) >= 11 is 0. The third-order valence-electron chi connectivity index (χ3n) is 5.23. The van der Waals surface area contributed by atoms with Gasteiger partial charge in [0.2, 0.25) is 5.95 Å². The van der Waals surface area contributed by atoms with Crippen molar-refractivity contribution in [1.82, 2.24) is 25.6 Å². The van der Waals surface area contributed by atoms with Crippen molar-refractivity contribution in [2.24, 2.45) is 5.73 Å². The Morgan fingerprint density at radius 2 is 1.42 bits per heavy atom. The van der Waals surface area contributed by atoms with Crippen LogP contribution in [0.4, 0.5) is 11.8 Å². The number of nitrogens with one attached hydrogen (secondary N) is 2. The molecular formula is C23H40N8. The van der Waals surface area contributed by atoms with Gasteiger partial charge in [0.15, 0.2) is 0 Å². The SMILES string of the molecule is CCCC(N)CC.c1ccc(N2CCNCC2)nc1.c1cnc(N2CCNCC2)nc1. The zero-order valence-corrected chi connectivity index (χ0v) is 19.2. The maximum atomic E-state index is 5.58. The monoisotopic (exact) mass is 428 g/mol. The predicted octanol–water partition coefficient (Wildman–Crippen LogP) is 1.90. The fourth-order valence-corrected chi connectivity index (χ4v) is 3.33. The first kappa shape index (κ1) is 25.0. The molecule has 2 aliphatic rings. The molecule has 0 aromatic carbocycles. The molecule has 0 radical (unpaired) electrons. The Bertz CT molecular complexity index is 604. The number of anilines is 2. The molecule has 0 aliphatic carbocycles. The van der Waals surface area contributed by atoms with Gasteiger partial charge in [-0.1, -0.05) is 26.3 Å². The van der Waals surface area contributed by atoms with Gasteiger partial charge in [-0.25, -0.2) is 15.0 Å². The second kappa shape index (κ2) is 15.5. The van der Waals surface area contributed by atoms with E-state index in [0.29, 0.717) is 6.04 Å². The Kier molecular flexibility index (Phi) is 12.5. The fourth-order valence-electron chi connectivity index (χ4n) is 3.33. The highest BCUT2D eigenvalue weighted by atomic mass is 15.3. The summed E-state index contributed by atoms with van der Waals surface area (Å²) in [5.74, 6) is 1.94. The summed E-state index contributed by atoms with van der Waals surface area (Å²) in [6.07, 6.45) is 8.92. The van der Waals surface area contributed by atoms with Crippen molar-refractivity contribution in [2.75, 3.05) is 62.2 Å². The summed E-state index contributed by atoms with van der Waals surface area (Å²) in [6, 6.07) is 8.33. The van der Waals surface area contributed by atoms with Crippen LogP contribution in [0.5, 0.6) is 0 Å². The molecule has 31 heavy (non-hydrogen) atoms. The van der Waals surface area contributed by atoms with Crippen molar-refractivity contribution in [3.63, 3.8) is 0 Å². The average Bonchev–Trinajstić information content (AvgIpc) is 2.87. The van der Waals surface area contributed by atoms with Gasteiger partial charge in [0.1, 0.15) is 5.82 Å². The summed E-state index contributed by atoms with van der Waals surface area (Å²) in [6.45, 7) is 12.6. The second-order valence-corrected chi connectivity index (χ2v) is 7.67. The van der Waals surface area contributed by atoms with E-state index >= 15 is 0 Å². The molecule has 2 aliphatic heterocycles. The van der Waals surface area contributed by atoms with E-state index in [9.17, 15) is 0 Å². The zero-order valence-electron chi connectivity index (χ0n) is 19.2. The van der Waals surface area contributed by atoms with Crippen LogP contribution in [0.15, 0.2) is 42.9 Å². The predicted molar refractivity (Wildman–Crippen MR) is 130 cm³/mol. The van der Waals surface area contributed by atoms with Gasteiger partial charge in [-0.3, -0.25) is 0 Å². The summed E-state index contributed by atoms with van der Waals surface area (Å²) in [7, 11) is 0. The van der Waals surface area contributed by atoms with Crippen LogP contribution < -0.4 is 26.2 Å². The van der Waals surface area contributed by atoms with E-state index in [-0.39, 0.29) is 0 Å². The van der Waals surface area contributed by atoms with Gasteiger partial charge in [-0.15, -0.1) is 0 Å². The molecule has 2 fully saturated rings. The number of hydrogen-bond acceptors (Lipinski definition) is 8. The van der Waals surface area contributed by atoms with Crippen molar-refractivity contribution in [1.29, 1.82) is 0 Å². The van der Waals surface area contributed by atoms with Gasteiger partial charge in [0, 0.05) is 77.0 Å². The van der Waals surface area contributed by atoms with Crippen LogP contribution in [0.2, 0.25) is 0 Å². The molecule has 2 saturated heterocycles. The molecule has 0 saturated carbocycles. The topological polar surface area (TPSA) is 95.2 Å². The third kappa shape index (κ3) is 10.0. The maximum Gasteiger partial charge on any atom is 0.225 e. The van der Waals surface area contributed by atoms with E-state index in [1.165, 1.54) is 12.8 Å². The first-order valence-electron chi connectivity index (χ1n) is 11.6. The molecule has 4 N–H and O–H groups in total. The molecule has 2 aromatic heterocycles. The van der Waals surface area contributed by atoms with E-state index in [1.807, 2.05) is 24.4 Å². The molecule has 4 heterocycles. The van der Waals surface area contributed by atoms with Gasteiger partial charge < -0.3 is 26.2 Å². The summed E-state index contributed by atoms with van der Waals surface area (Å²) in [5, 5.41) is 6.60. The maximum absolute atomic E-state index is 5.58. The lowest BCUT2D eigenvalue weighted by Crippen LogP contribution is -2.44. The van der Waals surface area contributed by atoms with Crippen molar-refractivity contribution in [2.45, 2.75) is 39.2 Å². The molecule has 8 nitrogen and oxygen atoms in total. The minimum absolute atomic E-state index is 0.449. The van der Waals surface area contributed by atoms with E-state index in [1.54, 1.807) is 12.4 Å². The number of piperazine rings is 2. The number of nitrogens with two attached hydrogens (primary N) is 1. The van der Waals surface area contributed by atoms with Crippen molar-refractivity contribution < 1.29 is 0 Å². The van der Waals surface area contributed by atoms with E-state index in [0.717, 1.165) is 70.5 Å². The molecule has 0 spiro atoms. The first-order valence-corrected chi connectivity index (χ1v) is 11.6. The lowest BCUT2D eigenvalue weighted by molar-refractivity contribution is 0.580. The van der Waals surface area contributed by atoms with E-state index < -0.39 is 0 Å². The van der Waals surface area contributed by atoms with Gasteiger partial charge >= 0.3 is 0 Å². The second-order valence-electron chi connectivity index (χ2n) is 7.67. The Morgan fingerprint density at radius 1 is 0.839 bits per heavy atom. The fraction of sp³-hybridized carbons (Fsp3) is 0.609. The number of rotatable bonds is 5. The number of pyridine rings is 1. The van der Waals surface area contributed by atoms with Gasteiger partial charge in [0.25, 0.3) is 0 Å². The van der Waals surface area contributed by atoms with Crippen LogP contribution in [0, 0.1) is 0 Å². The lowest BCUT2D eigenvalue weighted by Gasteiger charge is -2.28. The number of aromatic nitrogens is 3. The number of hydrogen-bond donors (Lipinski definition) is 3. The van der Waals surface area contributed by atoms with Crippen LogP contribution in [0.1, 0.15) is 33.1 Å². The Labute approximate surface area is 187 Å². The summed E-state index contributed by atoms with van der Waals surface area (Å²) in [5.41, 5.74) is 5.58. The molecular weight excluding hydrogens is 388 g/mol. The Hall–Kier alpha value is -2.29. The van der Waals surface area contributed by atoms with E-state index in [4.69, 9.17) is 5.73 Å². The van der Waals surface area contributed by atoms with Gasteiger partial charge in [0.05, 0.1) is 0 Å².